The quantitative estimate of drug-likeness (QED) is 0.659. The van der Waals surface area contributed by atoms with Crippen molar-refractivity contribution in [2.45, 2.75) is 46.2 Å². The van der Waals surface area contributed by atoms with Crippen LogP contribution in [0.4, 0.5) is 4.79 Å². The molecule has 1 aliphatic heterocycles. The molecule has 0 bridgehead atoms. The van der Waals surface area contributed by atoms with Gasteiger partial charge in [-0.1, -0.05) is 42.5 Å². The van der Waals surface area contributed by atoms with E-state index in [9.17, 15) is 9.59 Å². The molecule has 0 aromatic heterocycles. The van der Waals surface area contributed by atoms with E-state index in [1.165, 1.54) is 16.0 Å². The van der Waals surface area contributed by atoms with Gasteiger partial charge in [0.2, 0.25) is 0 Å². The van der Waals surface area contributed by atoms with E-state index in [2.05, 4.69) is 37.4 Å². The predicted molar refractivity (Wildman–Crippen MR) is 130 cm³/mol. The van der Waals surface area contributed by atoms with Gasteiger partial charge in [0.25, 0.3) is 5.91 Å². The van der Waals surface area contributed by atoms with Gasteiger partial charge in [-0.05, 0) is 56.0 Å². The minimum absolute atomic E-state index is 0.0316. The first kappa shape index (κ1) is 24.5. The summed E-state index contributed by atoms with van der Waals surface area (Å²) in [5.74, 6) is -0.224. The summed E-state index contributed by atoms with van der Waals surface area (Å²) in [5.41, 5.74) is 5.31. The number of aryl methyl sites for hydroxylation is 2. The van der Waals surface area contributed by atoms with Crippen LogP contribution in [0.25, 0.3) is 0 Å². The highest BCUT2D eigenvalue weighted by Crippen LogP contribution is 2.33. The third-order valence-electron chi connectivity index (χ3n) is 5.78. The molecule has 2 aromatic carbocycles. The van der Waals surface area contributed by atoms with Gasteiger partial charge >= 0.3 is 6.03 Å². The lowest BCUT2D eigenvalue weighted by Gasteiger charge is -2.27. The Labute approximate surface area is 196 Å². The molecule has 1 heterocycles. The summed E-state index contributed by atoms with van der Waals surface area (Å²) in [7, 11) is 1.58. The molecular formula is C26H34N4O3. The molecule has 2 aromatic rings. The Morgan fingerprint density at radius 1 is 1.15 bits per heavy atom. The summed E-state index contributed by atoms with van der Waals surface area (Å²) in [6.07, 6.45) is 0.620. The van der Waals surface area contributed by atoms with Crippen molar-refractivity contribution in [2.24, 2.45) is 5.10 Å². The lowest BCUT2D eigenvalue weighted by atomic mass is 9.96. The van der Waals surface area contributed by atoms with Gasteiger partial charge in [0.1, 0.15) is 6.54 Å². The van der Waals surface area contributed by atoms with Crippen LogP contribution in [0.15, 0.2) is 53.6 Å². The van der Waals surface area contributed by atoms with Crippen molar-refractivity contribution in [2.75, 3.05) is 26.8 Å². The number of carbonyl (C=O) groups is 2. The average molecular weight is 451 g/mol. The summed E-state index contributed by atoms with van der Waals surface area (Å²) in [6.45, 7) is 8.52. The number of hydrogen-bond acceptors (Lipinski definition) is 4. The molecule has 33 heavy (non-hydrogen) atoms. The van der Waals surface area contributed by atoms with Crippen LogP contribution >= 0.6 is 0 Å². The number of urea groups is 1. The normalized spacial score (nSPS) is 15.5. The van der Waals surface area contributed by atoms with Crippen molar-refractivity contribution in [1.29, 1.82) is 0 Å². The fourth-order valence-corrected chi connectivity index (χ4v) is 3.80. The molecule has 1 atom stereocenters. The largest absolute Gasteiger partial charge is 0.383 e. The van der Waals surface area contributed by atoms with Crippen molar-refractivity contribution in [3.63, 3.8) is 0 Å². The highest BCUT2D eigenvalue weighted by molar-refractivity contribution is 6.03. The monoisotopic (exact) mass is 450 g/mol. The molecule has 7 heteroatoms. The van der Waals surface area contributed by atoms with Crippen molar-refractivity contribution in [3.8, 4) is 0 Å². The van der Waals surface area contributed by atoms with E-state index in [4.69, 9.17) is 9.84 Å². The minimum atomic E-state index is -0.288. The zero-order valence-corrected chi connectivity index (χ0v) is 20.2. The Hall–Kier alpha value is -3.19. The predicted octanol–water partition coefficient (Wildman–Crippen LogP) is 4.05. The Kier molecular flexibility index (Phi) is 8.22. The molecule has 3 amide bonds. The van der Waals surface area contributed by atoms with Crippen molar-refractivity contribution >= 4 is 17.6 Å². The highest BCUT2D eigenvalue weighted by atomic mass is 16.5. The number of carbonyl (C=O) groups excluding carboxylic acids is 2. The molecular weight excluding hydrogens is 416 g/mol. The first-order chi connectivity index (χ1) is 15.8. The maximum atomic E-state index is 13.4. The van der Waals surface area contributed by atoms with Crippen LogP contribution in [0.2, 0.25) is 0 Å². The van der Waals surface area contributed by atoms with Gasteiger partial charge in [-0.3, -0.25) is 4.79 Å². The van der Waals surface area contributed by atoms with Gasteiger partial charge in [0.05, 0.1) is 18.4 Å². The van der Waals surface area contributed by atoms with E-state index in [1.807, 2.05) is 44.2 Å². The van der Waals surface area contributed by atoms with Crippen LogP contribution in [0.1, 0.15) is 48.6 Å². The molecule has 0 spiro atoms. The first-order valence-corrected chi connectivity index (χ1v) is 11.4. The second-order valence-electron chi connectivity index (χ2n) is 8.73. The number of amides is 3. The van der Waals surface area contributed by atoms with E-state index < -0.39 is 0 Å². The second-order valence-corrected chi connectivity index (χ2v) is 8.73. The van der Waals surface area contributed by atoms with Crippen LogP contribution in [0.3, 0.4) is 0 Å². The lowest BCUT2D eigenvalue weighted by Crippen LogP contribution is -2.48. The van der Waals surface area contributed by atoms with Crippen LogP contribution < -0.4 is 5.32 Å². The number of benzene rings is 2. The molecule has 176 valence electrons. The lowest BCUT2D eigenvalue weighted by molar-refractivity contribution is -0.133. The Bertz CT molecular complexity index is 1000. The van der Waals surface area contributed by atoms with E-state index in [0.717, 1.165) is 16.8 Å². The third-order valence-corrected chi connectivity index (χ3v) is 5.78. The molecule has 1 unspecified atom stereocenters. The average Bonchev–Trinajstić information content (AvgIpc) is 3.24. The van der Waals surface area contributed by atoms with Gasteiger partial charge in [-0.2, -0.15) is 5.10 Å². The first-order valence-electron chi connectivity index (χ1n) is 11.4. The zero-order chi connectivity index (χ0) is 24.0. The zero-order valence-electron chi connectivity index (χ0n) is 20.2. The number of nitrogens with zero attached hydrogens (tertiary/aromatic N) is 3. The molecule has 1 aliphatic rings. The number of hydrogen-bond donors (Lipinski definition) is 1. The molecule has 0 fully saturated rings. The van der Waals surface area contributed by atoms with Crippen LogP contribution in [0.5, 0.6) is 0 Å². The summed E-state index contributed by atoms with van der Waals surface area (Å²) in [5, 5.41) is 9.16. The van der Waals surface area contributed by atoms with E-state index in [0.29, 0.717) is 19.6 Å². The standard InChI is InChI=1S/C26H34N4O3/c1-18(2)27-26(32)29(13-14-33-5)17-25(31)30-24(21-9-7-6-8-10-21)16-23(28-30)22-12-11-19(3)20(4)15-22/h6-12,15,18,24H,13-14,16-17H2,1-5H3,(H,27,32). The fraction of sp³-hybridized carbons (Fsp3) is 0.423. The molecule has 0 aliphatic carbocycles. The van der Waals surface area contributed by atoms with Gasteiger partial charge in [-0.25, -0.2) is 9.80 Å². The number of ether oxygens (including phenoxy) is 1. The van der Waals surface area contributed by atoms with Crippen LogP contribution in [-0.4, -0.2) is 60.4 Å². The summed E-state index contributed by atoms with van der Waals surface area (Å²) >= 11 is 0. The molecule has 7 nitrogen and oxygen atoms in total. The highest BCUT2D eigenvalue weighted by Gasteiger charge is 2.34. The number of hydrazone groups is 1. The van der Waals surface area contributed by atoms with Crippen LogP contribution in [0, 0.1) is 13.8 Å². The van der Waals surface area contributed by atoms with Crippen LogP contribution in [-0.2, 0) is 9.53 Å². The van der Waals surface area contributed by atoms with E-state index >= 15 is 0 Å². The third kappa shape index (κ3) is 6.20. The summed E-state index contributed by atoms with van der Waals surface area (Å²) in [4.78, 5) is 27.6. The second kappa shape index (κ2) is 11.1. The molecule has 0 saturated heterocycles. The van der Waals surface area contributed by atoms with Gasteiger partial charge in [0, 0.05) is 26.1 Å². The van der Waals surface area contributed by atoms with Crippen molar-refractivity contribution < 1.29 is 14.3 Å². The molecule has 1 N–H and O–H groups in total. The number of nitrogens with one attached hydrogen (secondary N) is 1. The molecule has 3 rings (SSSR count). The Balaban J connectivity index is 1.88. The van der Waals surface area contributed by atoms with Gasteiger partial charge < -0.3 is 15.0 Å². The minimum Gasteiger partial charge on any atom is -0.383 e. The summed E-state index contributed by atoms with van der Waals surface area (Å²) in [6, 6.07) is 15.6. The summed E-state index contributed by atoms with van der Waals surface area (Å²) < 4.78 is 5.15. The Morgan fingerprint density at radius 2 is 1.88 bits per heavy atom. The Morgan fingerprint density at radius 3 is 2.52 bits per heavy atom. The number of rotatable bonds is 8. The SMILES string of the molecule is COCCN(CC(=O)N1N=C(c2ccc(C)c(C)c2)CC1c1ccccc1)C(=O)NC(C)C. The smallest absolute Gasteiger partial charge is 0.318 e. The maximum Gasteiger partial charge on any atom is 0.318 e. The van der Waals surface area contributed by atoms with Crippen molar-refractivity contribution in [3.05, 3.63) is 70.8 Å². The van der Waals surface area contributed by atoms with E-state index in [1.54, 1.807) is 12.1 Å². The maximum absolute atomic E-state index is 13.4. The molecule has 0 saturated carbocycles. The van der Waals surface area contributed by atoms with Gasteiger partial charge in [-0.15, -0.1) is 0 Å². The van der Waals surface area contributed by atoms with Crippen molar-refractivity contribution in [1.82, 2.24) is 15.2 Å². The topological polar surface area (TPSA) is 74.2 Å². The number of methoxy groups -OCH3 is 1. The fourth-order valence-electron chi connectivity index (χ4n) is 3.80. The van der Waals surface area contributed by atoms with E-state index in [-0.39, 0.29) is 30.6 Å². The van der Waals surface area contributed by atoms with Gasteiger partial charge in [0.15, 0.2) is 0 Å². The molecule has 0 radical (unpaired) electrons.